The molecule has 1 aromatic carbocycles. The van der Waals surface area contributed by atoms with Crippen LogP contribution in [-0.2, 0) is 6.42 Å². The molecular formula is C12H16ClN3. The van der Waals surface area contributed by atoms with Crippen LogP contribution in [0.5, 0.6) is 0 Å². The molecule has 0 N–H and O–H groups in total. The lowest BCUT2D eigenvalue weighted by Crippen LogP contribution is -1.91. The Kier molecular flexibility index (Phi) is 4.99. The van der Waals surface area contributed by atoms with Crippen LogP contribution in [0.1, 0.15) is 26.3 Å². The highest BCUT2D eigenvalue weighted by molar-refractivity contribution is 6.31. The highest BCUT2D eigenvalue weighted by Gasteiger charge is 2.01. The molecule has 0 fully saturated rings. The van der Waals surface area contributed by atoms with Crippen LogP contribution >= 0.6 is 11.6 Å². The van der Waals surface area contributed by atoms with Crippen molar-refractivity contribution >= 4 is 11.6 Å². The van der Waals surface area contributed by atoms with Gasteiger partial charge in [-0.3, -0.25) is 4.57 Å². The summed E-state index contributed by atoms with van der Waals surface area (Å²) in [6.07, 6.45) is 4.25. The first-order valence-electron chi connectivity index (χ1n) is 5.44. The minimum Gasteiger partial charge on any atom is -0.288 e. The van der Waals surface area contributed by atoms with Gasteiger partial charge in [0.05, 0.1) is 0 Å². The van der Waals surface area contributed by atoms with E-state index in [1.54, 1.807) is 12.7 Å². The van der Waals surface area contributed by atoms with Crippen molar-refractivity contribution < 1.29 is 0 Å². The number of halogens is 1. The standard InChI is InChI=1S/C10H10ClN3.C2H6/c1-2-8-3-4-9(5-10(8)11)14-6-12-13-7-14;1-2/h3-7H,2H2,1H3;1-2H3. The van der Waals surface area contributed by atoms with Crippen LogP contribution in [0.25, 0.3) is 5.69 Å². The number of benzene rings is 1. The third-order valence-corrected chi connectivity index (χ3v) is 2.49. The molecule has 0 atom stereocenters. The fourth-order valence-electron chi connectivity index (χ4n) is 1.32. The highest BCUT2D eigenvalue weighted by Crippen LogP contribution is 2.20. The zero-order valence-electron chi connectivity index (χ0n) is 9.81. The summed E-state index contributed by atoms with van der Waals surface area (Å²) in [5.41, 5.74) is 2.14. The van der Waals surface area contributed by atoms with Crippen LogP contribution in [0, 0.1) is 0 Å². The molecule has 0 saturated heterocycles. The van der Waals surface area contributed by atoms with Gasteiger partial charge in [0, 0.05) is 10.7 Å². The third-order valence-electron chi connectivity index (χ3n) is 2.13. The van der Waals surface area contributed by atoms with Gasteiger partial charge in [0.2, 0.25) is 0 Å². The molecule has 16 heavy (non-hydrogen) atoms. The quantitative estimate of drug-likeness (QED) is 0.800. The Morgan fingerprint density at radius 1 is 1.19 bits per heavy atom. The lowest BCUT2D eigenvalue weighted by Gasteiger charge is -2.04. The first kappa shape index (κ1) is 12.7. The van der Waals surface area contributed by atoms with Crippen LogP contribution in [0.2, 0.25) is 5.02 Å². The number of aromatic nitrogens is 3. The molecule has 0 amide bonds. The number of hydrogen-bond donors (Lipinski definition) is 0. The second-order valence-electron chi connectivity index (χ2n) is 3.00. The molecule has 0 saturated carbocycles. The van der Waals surface area contributed by atoms with E-state index in [0.717, 1.165) is 22.7 Å². The molecule has 2 rings (SSSR count). The maximum Gasteiger partial charge on any atom is 0.123 e. The highest BCUT2D eigenvalue weighted by atomic mass is 35.5. The molecular weight excluding hydrogens is 222 g/mol. The minimum atomic E-state index is 0.790. The summed E-state index contributed by atoms with van der Waals surface area (Å²) in [5.74, 6) is 0. The molecule has 0 aliphatic rings. The van der Waals surface area contributed by atoms with Crippen LogP contribution in [0.3, 0.4) is 0 Å². The zero-order valence-corrected chi connectivity index (χ0v) is 10.6. The van der Waals surface area contributed by atoms with Crippen molar-refractivity contribution in [3.63, 3.8) is 0 Å². The summed E-state index contributed by atoms with van der Waals surface area (Å²) in [4.78, 5) is 0. The predicted molar refractivity (Wildman–Crippen MR) is 67.1 cm³/mol. The number of aryl methyl sites for hydroxylation is 1. The van der Waals surface area contributed by atoms with Crippen molar-refractivity contribution in [1.82, 2.24) is 14.8 Å². The summed E-state index contributed by atoms with van der Waals surface area (Å²) in [7, 11) is 0. The zero-order chi connectivity index (χ0) is 12.0. The van der Waals surface area contributed by atoms with E-state index in [1.165, 1.54) is 0 Å². The molecule has 1 heterocycles. The normalized spacial score (nSPS) is 9.50. The Labute approximate surface area is 101 Å². The summed E-state index contributed by atoms with van der Waals surface area (Å²) in [6.45, 7) is 6.08. The van der Waals surface area contributed by atoms with Gasteiger partial charge in [-0.2, -0.15) is 0 Å². The average Bonchev–Trinajstić information content (AvgIpc) is 2.85. The van der Waals surface area contributed by atoms with Crippen LogP contribution < -0.4 is 0 Å². The first-order chi connectivity index (χ1) is 7.81. The summed E-state index contributed by atoms with van der Waals surface area (Å²) >= 11 is 6.09. The van der Waals surface area contributed by atoms with Crippen molar-refractivity contribution in [2.24, 2.45) is 0 Å². The van der Waals surface area contributed by atoms with Gasteiger partial charge in [0.1, 0.15) is 12.7 Å². The fourth-order valence-corrected chi connectivity index (χ4v) is 1.63. The van der Waals surface area contributed by atoms with Gasteiger partial charge in [-0.1, -0.05) is 38.4 Å². The third kappa shape index (κ3) is 2.83. The molecule has 4 heteroatoms. The molecule has 0 radical (unpaired) electrons. The lowest BCUT2D eigenvalue weighted by molar-refractivity contribution is 1.05. The Balaban J connectivity index is 0.000000606. The van der Waals surface area contributed by atoms with E-state index < -0.39 is 0 Å². The molecule has 0 aliphatic carbocycles. The van der Waals surface area contributed by atoms with Crippen molar-refractivity contribution in [1.29, 1.82) is 0 Å². The first-order valence-corrected chi connectivity index (χ1v) is 5.82. The predicted octanol–water partition coefficient (Wildman–Crippen LogP) is 3.51. The summed E-state index contributed by atoms with van der Waals surface area (Å²) < 4.78 is 1.82. The topological polar surface area (TPSA) is 30.7 Å². The number of rotatable bonds is 2. The van der Waals surface area contributed by atoms with E-state index >= 15 is 0 Å². The molecule has 0 bridgehead atoms. The molecule has 0 spiro atoms. The van der Waals surface area contributed by atoms with Crippen LogP contribution in [0.15, 0.2) is 30.9 Å². The monoisotopic (exact) mass is 237 g/mol. The molecule has 0 unspecified atom stereocenters. The van der Waals surface area contributed by atoms with Gasteiger partial charge in [-0.05, 0) is 24.1 Å². The van der Waals surface area contributed by atoms with Gasteiger partial charge in [-0.15, -0.1) is 10.2 Å². The van der Waals surface area contributed by atoms with Crippen molar-refractivity contribution in [3.05, 3.63) is 41.4 Å². The average molecular weight is 238 g/mol. The van der Waals surface area contributed by atoms with E-state index in [-0.39, 0.29) is 0 Å². The molecule has 1 aromatic heterocycles. The maximum absolute atomic E-state index is 6.09. The van der Waals surface area contributed by atoms with Gasteiger partial charge in [-0.25, -0.2) is 0 Å². The Hall–Kier alpha value is -1.35. The summed E-state index contributed by atoms with van der Waals surface area (Å²) in [5, 5.41) is 8.27. The molecule has 0 aliphatic heterocycles. The smallest absolute Gasteiger partial charge is 0.123 e. The van der Waals surface area contributed by atoms with E-state index in [9.17, 15) is 0 Å². The van der Waals surface area contributed by atoms with E-state index in [1.807, 2.05) is 36.6 Å². The van der Waals surface area contributed by atoms with Gasteiger partial charge >= 0.3 is 0 Å². The fraction of sp³-hybridized carbons (Fsp3) is 0.333. The molecule has 2 aromatic rings. The second-order valence-corrected chi connectivity index (χ2v) is 3.41. The maximum atomic E-state index is 6.09. The Morgan fingerprint density at radius 3 is 2.31 bits per heavy atom. The summed E-state index contributed by atoms with van der Waals surface area (Å²) in [6, 6.07) is 5.95. The van der Waals surface area contributed by atoms with Gasteiger partial charge in [0.25, 0.3) is 0 Å². The lowest BCUT2D eigenvalue weighted by atomic mass is 10.1. The largest absolute Gasteiger partial charge is 0.288 e. The van der Waals surface area contributed by atoms with Crippen molar-refractivity contribution in [3.8, 4) is 5.69 Å². The Morgan fingerprint density at radius 2 is 1.81 bits per heavy atom. The van der Waals surface area contributed by atoms with Crippen molar-refractivity contribution in [2.75, 3.05) is 0 Å². The van der Waals surface area contributed by atoms with E-state index in [2.05, 4.69) is 17.1 Å². The number of nitrogens with zero attached hydrogens (tertiary/aromatic N) is 3. The van der Waals surface area contributed by atoms with Gasteiger partial charge < -0.3 is 0 Å². The Bertz CT molecular complexity index is 424. The van der Waals surface area contributed by atoms with Crippen molar-refractivity contribution in [2.45, 2.75) is 27.2 Å². The van der Waals surface area contributed by atoms with E-state index in [0.29, 0.717) is 0 Å². The second kappa shape index (κ2) is 6.28. The van der Waals surface area contributed by atoms with Crippen LogP contribution in [0.4, 0.5) is 0 Å². The minimum absolute atomic E-state index is 0.790. The van der Waals surface area contributed by atoms with Gasteiger partial charge in [0.15, 0.2) is 0 Å². The molecule has 3 nitrogen and oxygen atoms in total. The number of hydrogen-bond acceptors (Lipinski definition) is 2. The van der Waals surface area contributed by atoms with Crippen LogP contribution in [-0.4, -0.2) is 14.8 Å². The molecule has 86 valence electrons. The SMILES string of the molecule is CC.CCc1ccc(-n2cnnc2)cc1Cl. The van der Waals surface area contributed by atoms with E-state index in [4.69, 9.17) is 11.6 Å².